The van der Waals surface area contributed by atoms with Gasteiger partial charge in [-0.25, -0.2) is 9.18 Å². The second-order valence-electron chi connectivity index (χ2n) is 9.58. The van der Waals surface area contributed by atoms with Crippen LogP contribution in [-0.4, -0.2) is 53.3 Å². The van der Waals surface area contributed by atoms with Crippen molar-refractivity contribution >= 4 is 17.6 Å². The number of carbonyl (C=O) groups excluding carboxylic acids is 2. The van der Waals surface area contributed by atoms with Crippen LogP contribution in [-0.2, 0) is 11.3 Å². The van der Waals surface area contributed by atoms with Gasteiger partial charge in [0.05, 0.1) is 11.7 Å². The molecule has 2 atom stereocenters. The minimum Gasteiger partial charge on any atom is -0.454 e. The van der Waals surface area contributed by atoms with Crippen LogP contribution >= 0.6 is 0 Å². The number of carbonyl (C=O) groups is 2. The summed E-state index contributed by atoms with van der Waals surface area (Å²) in [5, 5.41) is 6.43. The Morgan fingerprint density at radius 1 is 1.20 bits per heavy atom. The molecule has 2 unspecified atom stereocenters. The molecule has 2 saturated heterocycles. The van der Waals surface area contributed by atoms with Crippen LogP contribution in [0.15, 0.2) is 42.5 Å². The summed E-state index contributed by atoms with van der Waals surface area (Å²) in [7, 11) is 0. The molecule has 3 heterocycles. The summed E-state index contributed by atoms with van der Waals surface area (Å²) in [4.78, 5) is 30.1. The van der Waals surface area contributed by atoms with E-state index in [2.05, 4.69) is 24.5 Å². The standard InChI is InChI=1S/C26H31FN4O4/c1-3-17(2)23-24(32)31(15-18-7-8-21-22(13-18)35-16-34-21)26(29-23)9-11-30(12-10-26)25(33)28-20-6-4-5-19(27)14-20/h4-8,13-14,17,23,29H,3,9-12,15-16H2,1-2H3,(H,28,33). The Hall–Kier alpha value is -3.33. The third-order valence-electron chi connectivity index (χ3n) is 7.42. The summed E-state index contributed by atoms with van der Waals surface area (Å²) in [5.41, 5.74) is 0.863. The summed E-state index contributed by atoms with van der Waals surface area (Å²) in [6, 6.07) is 11.1. The van der Waals surface area contributed by atoms with Crippen LogP contribution in [0.25, 0.3) is 0 Å². The van der Waals surface area contributed by atoms with Crippen molar-refractivity contribution in [2.24, 2.45) is 5.92 Å². The SMILES string of the molecule is CCC(C)C1NC2(CCN(C(=O)Nc3cccc(F)c3)CC2)N(Cc2ccc3c(c2)OCO3)C1=O. The van der Waals surface area contributed by atoms with Crippen LogP contribution in [0.3, 0.4) is 0 Å². The topological polar surface area (TPSA) is 83.1 Å². The van der Waals surface area contributed by atoms with Crippen molar-refractivity contribution < 1.29 is 23.5 Å². The van der Waals surface area contributed by atoms with Gasteiger partial charge in [0, 0.05) is 38.2 Å². The molecule has 0 saturated carbocycles. The van der Waals surface area contributed by atoms with Crippen LogP contribution < -0.4 is 20.1 Å². The number of rotatable bonds is 5. The molecular formula is C26H31FN4O4. The van der Waals surface area contributed by atoms with Gasteiger partial charge in [-0.3, -0.25) is 10.1 Å². The van der Waals surface area contributed by atoms with Crippen molar-refractivity contribution in [2.75, 3.05) is 25.2 Å². The number of likely N-dealkylation sites (tertiary alicyclic amines) is 1. The van der Waals surface area contributed by atoms with Gasteiger partial charge in [-0.2, -0.15) is 0 Å². The number of hydrogen-bond donors (Lipinski definition) is 2. The van der Waals surface area contributed by atoms with E-state index in [0.717, 1.165) is 12.0 Å². The number of nitrogens with one attached hydrogen (secondary N) is 2. The van der Waals surface area contributed by atoms with Gasteiger partial charge in [0.2, 0.25) is 12.7 Å². The molecule has 0 aromatic heterocycles. The average Bonchev–Trinajstić information content (AvgIpc) is 3.42. The van der Waals surface area contributed by atoms with Gasteiger partial charge < -0.3 is 24.6 Å². The number of hydrogen-bond acceptors (Lipinski definition) is 5. The van der Waals surface area contributed by atoms with Crippen molar-refractivity contribution in [2.45, 2.75) is 51.4 Å². The van der Waals surface area contributed by atoms with Gasteiger partial charge in [-0.1, -0.05) is 32.4 Å². The molecule has 2 fully saturated rings. The number of nitrogens with zero attached hydrogens (tertiary/aromatic N) is 2. The largest absolute Gasteiger partial charge is 0.454 e. The van der Waals surface area contributed by atoms with E-state index in [1.165, 1.54) is 12.1 Å². The highest BCUT2D eigenvalue weighted by Gasteiger charge is 2.52. The second-order valence-corrected chi connectivity index (χ2v) is 9.58. The van der Waals surface area contributed by atoms with Gasteiger partial charge in [-0.15, -0.1) is 0 Å². The van der Waals surface area contributed by atoms with Crippen molar-refractivity contribution in [3.8, 4) is 11.5 Å². The molecule has 186 valence electrons. The quantitative estimate of drug-likeness (QED) is 0.675. The maximum Gasteiger partial charge on any atom is 0.321 e. The molecule has 0 aliphatic carbocycles. The molecule has 0 bridgehead atoms. The number of piperidine rings is 1. The smallest absolute Gasteiger partial charge is 0.321 e. The van der Waals surface area contributed by atoms with E-state index in [1.54, 1.807) is 17.0 Å². The van der Waals surface area contributed by atoms with Gasteiger partial charge in [0.25, 0.3) is 0 Å². The van der Waals surface area contributed by atoms with Crippen molar-refractivity contribution in [3.05, 3.63) is 53.8 Å². The Labute approximate surface area is 204 Å². The summed E-state index contributed by atoms with van der Waals surface area (Å²) in [6.07, 6.45) is 2.10. The highest BCUT2D eigenvalue weighted by molar-refractivity contribution is 5.89. The van der Waals surface area contributed by atoms with Gasteiger partial charge in [0.1, 0.15) is 5.82 Å². The van der Waals surface area contributed by atoms with E-state index in [9.17, 15) is 14.0 Å². The van der Waals surface area contributed by atoms with Crippen LogP contribution in [0.1, 0.15) is 38.7 Å². The number of fused-ring (bicyclic) bond motifs is 1. The normalized spacial score (nSPS) is 21.5. The van der Waals surface area contributed by atoms with Crippen molar-refractivity contribution in [3.63, 3.8) is 0 Å². The summed E-state index contributed by atoms with van der Waals surface area (Å²) >= 11 is 0. The molecule has 3 aliphatic rings. The number of amides is 3. The van der Waals surface area contributed by atoms with E-state index in [4.69, 9.17) is 9.47 Å². The lowest BCUT2D eigenvalue weighted by atomic mass is 9.95. The highest BCUT2D eigenvalue weighted by atomic mass is 19.1. The van der Waals surface area contributed by atoms with Gasteiger partial charge in [0.15, 0.2) is 11.5 Å². The van der Waals surface area contributed by atoms with Crippen LogP contribution in [0.4, 0.5) is 14.9 Å². The highest BCUT2D eigenvalue weighted by Crippen LogP contribution is 2.38. The first-order valence-electron chi connectivity index (χ1n) is 12.2. The minimum atomic E-state index is -0.531. The molecule has 0 radical (unpaired) electrons. The lowest BCUT2D eigenvalue weighted by molar-refractivity contribution is -0.134. The first-order valence-corrected chi connectivity index (χ1v) is 12.2. The number of benzene rings is 2. The first-order chi connectivity index (χ1) is 16.9. The zero-order chi connectivity index (χ0) is 24.6. The predicted octanol–water partition coefficient (Wildman–Crippen LogP) is 3.93. The van der Waals surface area contributed by atoms with E-state index < -0.39 is 11.5 Å². The van der Waals surface area contributed by atoms with Gasteiger partial charge in [-0.05, 0) is 41.8 Å². The summed E-state index contributed by atoms with van der Waals surface area (Å²) in [5.74, 6) is 1.29. The fourth-order valence-corrected chi connectivity index (χ4v) is 5.14. The molecule has 8 nitrogen and oxygen atoms in total. The van der Waals surface area contributed by atoms with Crippen molar-refractivity contribution in [1.82, 2.24) is 15.1 Å². The van der Waals surface area contributed by atoms with Crippen molar-refractivity contribution in [1.29, 1.82) is 0 Å². The Balaban J connectivity index is 1.32. The Kier molecular flexibility index (Phi) is 6.27. The molecule has 2 aromatic rings. The lowest BCUT2D eigenvalue weighted by Gasteiger charge is -2.44. The molecule has 2 N–H and O–H groups in total. The number of halogens is 1. The third kappa shape index (κ3) is 4.52. The maximum absolute atomic E-state index is 13.6. The Morgan fingerprint density at radius 2 is 1.97 bits per heavy atom. The van der Waals surface area contributed by atoms with E-state index >= 15 is 0 Å². The first kappa shape index (κ1) is 23.4. The molecule has 3 aliphatic heterocycles. The average molecular weight is 483 g/mol. The Morgan fingerprint density at radius 3 is 2.71 bits per heavy atom. The number of urea groups is 1. The van der Waals surface area contributed by atoms with Gasteiger partial charge >= 0.3 is 6.03 Å². The fourth-order valence-electron chi connectivity index (χ4n) is 5.14. The van der Waals surface area contributed by atoms with Crippen LogP contribution in [0, 0.1) is 11.7 Å². The summed E-state index contributed by atoms with van der Waals surface area (Å²) in [6.45, 7) is 5.79. The Bertz CT molecular complexity index is 1120. The predicted molar refractivity (Wildman–Crippen MR) is 128 cm³/mol. The summed E-state index contributed by atoms with van der Waals surface area (Å²) < 4.78 is 24.4. The monoisotopic (exact) mass is 482 g/mol. The lowest BCUT2D eigenvalue weighted by Crippen LogP contribution is -2.59. The molecule has 9 heteroatoms. The number of ether oxygens (including phenoxy) is 2. The molecule has 1 spiro atoms. The van der Waals surface area contributed by atoms with Crippen LogP contribution in [0.2, 0.25) is 0 Å². The zero-order valence-electron chi connectivity index (χ0n) is 20.1. The van der Waals surface area contributed by atoms with E-state index in [1.807, 2.05) is 23.1 Å². The molecule has 5 rings (SSSR count). The zero-order valence-corrected chi connectivity index (χ0v) is 20.1. The molecule has 3 amide bonds. The fraction of sp³-hybridized carbons (Fsp3) is 0.462. The van der Waals surface area contributed by atoms with Crippen LogP contribution in [0.5, 0.6) is 11.5 Å². The third-order valence-corrected chi connectivity index (χ3v) is 7.42. The minimum absolute atomic E-state index is 0.0923. The molecule has 35 heavy (non-hydrogen) atoms. The molecule has 2 aromatic carbocycles. The second kappa shape index (κ2) is 9.37. The van der Waals surface area contributed by atoms with E-state index in [-0.39, 0.29) is 30.7 Å². The van der Waals surface area contributed by atoms with E-state index in [0.29, 0.717) is 49.7 Å². The number of anilines is 1. The molecular weight excluding hydrogens is 451 g/mol. The maximum atomic E-state index is 13.6.